The van der Waals surface area contributed by atoms with E-state index < -0.39 is 0 Å². The van der Waals surface area contributed by atoms with Gasteiger partial charge < -0.3 is 20.1 Å². The molecule has 7 heteroatoms. The molecular weight excluding hydrogens is 491 g/mol. The van der Waals surface area contributed by atoms with Crippen molar-refractivity contribution in [2.75, 3.05) is 33.9 Å². The van der Waals surface area contributed by atoms with Crippen LogP contribution in [0.5, 0.6) is 5.75 Å². The number of nitrogens with one attached hydrogen (secondary N) is 2. The number of ether oxygens (including phenoxy) is 2. The molecule has 1 saturated heterocycles. The lowest BCUT2D eigenvalue weighted by Gasteiger charge is -2.31. The predicted molar refractivity (Wildman–Crippen MR) is 133 cm³/mol. The molecule has 0 aliphatic carbocycles. The number of hydrogen-bond acceptors (Lipinski definition) is 4. The van der Waals surface area contributed by atoms with Crippen LogP contribution in [0.2, 0.25) is 0 Å². The Balaban J connectivity index is 0.00000320. The second-order valence-corrected chi connectivity index (χ2v) is 7.33. The topological polar surface area (TPSA) is 58.1 Å². The van der Waals surface area contributed by atoms with Gasteiger partial charge in [-0.25, -0.2) is 0 Å². The highest BCUT2D eigenvalue weighted by atomic mass is 127. The van der Waals surface area contributed by atoms with Crippen molar-refractivity contribution in [1.29, 1.82) is 0 Å². The molecule has 6 nitrogen and oxygen atoms in total. The molecule has 1 heterocycles. The Bertz CT molecular complexity index is 815. The van der Waals surface area contributed by atoms with Crippen molar-refractivity contribution in [3.63, 3.8) is 0 Å². The molecule has 1 unspecified atom stereocenters. The smallest absolute Gasteiger partial charge is 0.191 e. The third kappa shape index (κ3) is 7.45. The van der Waals surface area contributed by atoms with Gasteiger partial charge >= 0.3 is 0 Å². The fourth-order valence-corrected chi connectivity index (χ4v) is 3.56. The Morgan fingerprint density at radius 2 is 1.90 bits per heavy atom. The largest absolute Gasteiger partial charge is 0.496 e. The van der Waals surface area contributed by atoms with E-state index in [2.05, 4.69) is 57.8 Å². The highest BCUT2D eigenvalue weighted by Gasteiger charge is 2.16. The van der Waals surface area contributed by atoms with E-state index in [4.69, 9.17) is 9.47 Å². The minimum atomic E-state index is 0. The number of para-hydroxylation sites is 1. The summed E-state index contributed by atoms with van der Waals surface area (Å²) in [6, 6.07) is 16.7. The van der Waals surface area contributed by atoms with Gasteiger partial charge in [0.2, 0.25) is 0 Å². The van der Waals surface area contributed by atoms with Gasteiger partial charge in [0.25, 0.3) is 0 Å². The first-order valence-corrected chi connectivity index (χ1v) is 10.2. The number of methoxy groups -OCH3 is 1. The van der Waals surface area contributed by atoms with Gasteiger partial charge in [-0.2, -0.15) is 0 Å². The summed E-state index contributed by atoms with van der Waals surface area (Å²) in [5.41, 5.74) is 3.67. The van der Waals surface area contributed by atoms with Crippen molar-refractivity contribution in [1.82, 2.24) is 15.5 Å². The second-order valence-electron chi connectivity index (χ2n) is 7.33. The Kier molecular flexibility index (Phi) is 10.4. The minimum Gasteiger partial charge on any atom is -0.496 e. The molecule has 2 N–H and O–H groups in total. The quantitative estimate of drug-likeness (QED) is 0.331. The number of rotatable bonds is 7. The van der Waals surface area contributed by atoms with Crippen LogP contribution >= 0.6 is 24.0 Å². The molecule has 3 rings (SSSR count). The van der Waals surface area contributed by atoms with Crippen LogP contribution in [0.3, 0.4) is 0 Å². The predicted octanol–water partition coefficient (Wildman–Crippen LogP) is 3.40. The highest BCUT2D eigenvalue weighted by Crippen LogP contribution is 2.16. The van der Waals surface area contributed by atoms with Crippen molar-refractivity contribution >= 4 is 29.9 Å². The Morgan fingerprint density at radius 1 is 1.13 bits per heavy atom. The molecule has 0 aromatic heterocycles. The van der Waals surface area contributed by atoms with E-state index in [0.29, 0.717) is 12.6 Å². The summed E-state index contributed by atoms with van der Waals surface area (Å²) < 4.78 is 11.0. The van der Waals surface area contributed by atoms with E-state index in [1.807, 2.05) is 18.2 Å². The Hall–Kier alpha value is -1.84. The summed E-state index contributed by atoms with van der Waals surface area (Å²) in [7, 11) is 3.48. The minimum absolute atomic E-state index is 0. The van der Waals surface area contributed by atoms with Gasteiger partial charge in [-0.05, 0) is 24.1 Å². The number of morpholine rings is 1. The number of aliphatic imine (C=N–C) groups is 1. The zero-order valence-electron chi connectivity index (χ0n) is 18.1. The van der Waals surface area contributed by atoms with Gasteiger partial charge in [0.15, 0.2) is 5.96 Å². The van der Waals surface area contributed by atoms with Crippen LogP contribution in [-0.4, -0.2) is 50.8 Å². The third-order valence-electron chi connectivity index (χ3n) is 5.05. The summed E-state index contributed by atoms with van der Waals surface area (Å²) in [6.45, 7) is 7.27. The zero-order chi connectivity index (χ0) is 20.5. The molecule has 1 aliphatic rings. The average molecular weight is 524 g/mol. The number of nitrogens with zero attached hydrogens (tertiary/aromatic N) is 2. The summed E-state index contributed by atoms with van der Waals surface area (Å²) in [4.78, 5) is 6.78. The molecule has 164 valence electrons. The maximum absolute atomic E-state index is 5.64. The molecule has 0 amide bonds. The molecule has 2 aromatic rings. The summed E-state index contributed by atoms with van der Waals surface area (Å²) in [5, 5.41) is 6.75. The number of halogens is 1. The molecule has 0 radical (unpaired) electrons. The summed E-state index contributed by atoms with van der Waals surface area (Å²) in [5.74, 6) is 1.64. The lowest BCUT2D eigenvalue weighted by atomic mass is 10.1. The van der Waals surface area contributed by atoms with E-state index in [1.54, 1.807) is 14.2 Å². The van der Waals surface area contributed by atoms with Crippen LogP contribution in [0, 0.1) is 0 Å². The summed E-state index contributed by atoms with van der Waals surface area (Å²) >= 11 is 0. The van der Waals surface area contributed by atoms with E-state index in [9.17, 15) is 0 Å². The number of benzene rings is 2. The summed E-state index contributed by atoms with van der Waals surface area (Å²) in [6.07, 6.45) is 0.311. The van der Waals surface area contributed by atoms with Gasteiger partial charge in [0.05, 0.1) is 19.8 Å². The molecule has 0 saturated carbocycles. The molecule has 0 bridgehead atoms. The van der Waals surface area contributed by atoms with Crippen molar-refractivity contribution < 1.29 is 9.47 Å². The van der Waals surface area contributed by atoms with Crippen molar-refractivity contribution in [2.24, 2.45) is 4.99 Å². The Morgan fingerprint density at radius 3 is 2.67 bits per heavy atom. The average Bonchev–Trinajstić information content (AvgIpc) is 2.74. The van der Waals surface area contributed by atoms with Crippen LogP contribution in [0.4, 0.5) is 0 Å². The second kappa shape index (κ2) is 12.8. The fraction of sp³-hybridized carbons (Fsp3) is 0.435. The van der Waals surface area contributed by atoms with E-state index in [-0.39, 0.29) is 24.0 Å². The van der Waals surface area contributed by atoms with Crippen molar-refractivity contribution in [3.8, 4) is 5.75 Å². The SMILES string of the molecule is CN=C(NCc1cccc(CN2CCOC(C)C2)c1)NCc1ccccc1OC.I. The fourth-order valence-electron chi connectivity index (χ4n) is 3.56. The lowest BCUT2D eigenvalue weighted by Crippen LogP contribution is -2.40. The van der Waals surface area contributed by atoms with Crippen molar-refractivity contribution in [2.45, 2.75) is 32.7 Å². The maximum Gasteiger partial charge on any atom is 0.191 e. The lowest BCUT2D eigenvalue weighted by molar-refractivity contribution is -0.0212. The zero-order valence-corrected chi connectivity index (χ0v) is 20.4. The van der Waals surface area contributed by atoms with Crippen molar-refractivity contribution in [3.05, 3.63) is 65.2 Å². The van der Waals surface area contributed by atoms with Gasteiger partial charge in [-0.1, -0.05) is 42.5 Å². The van der Waals surface area contributed by atoms with Crippen LogP contribution in [0.25, 0.3) is 0 Å². The monoisotopic (exact) mass is 524 g/mol. The third-order valence-corrected chi connectivity index (χ3v) is 5.05. The van der Waals surface area contributed by atoms with Gasteiger partial charge in [-0.15, -0.1) is 24.0 Å². The molecular formula is C23H33IN4O2. The van der Waals surface area contributed by atoms with E-state index >= 15 is 0 Å². The van der Waals surface area contributed by atoms with E-state index in [1.165, 1.54) is 11.1 Å². The van der Waals surface area contributed by atoms with E-state index in [0.717, 1.165) is 50.1 Å². The first-order valence-electron chi connectivity index (χ1n) is 10.2. The van der Waals surface area contributed by atoms with Crippen LogP contribution in [-0.2, 0) is 24.4 Å². The number of hydrogen-bond donors (Lipinski definition) is 2. The van der Waals surface area contributed by atoms with Gasteiger partial charge in [0.1, 0.15) is 5.75 Å². The first-order chi connectivity index (χ1) is 14.2. The maximum atomic E-state index is 5.64. The van der Waals surface area contributed by atoms with Crippen LogP contribution in [0.15, 0.2) is 53.5 Å². The highest BCUT2D eigenvalue weighted by molar-refractivity contribution is 14.0. The molecule has 1 aliphatic heterocycles. The van der Waals surface area contributed by atoms with Crippen LogP contribution < -0.4 is 15.4 Å². The van der Waals surface area contributed by atoms with Gasteiger partial charge in [-0.3, -0.25) is 9.89 Å². The van der Waals surface area contributed by atoms with Crippen LogP contribution in [0.1, 0.15) is 23.6 Å². The standard InChI is InChI=1S/C23H32N4O2.HI/c1-18-16-27(11-12-29-18)17-20-8-6-7-19(13-20)14-25-23(24-2)26-15-21-9-4-5-10-22(21)28-3;/h4-10,13,18H,11-12,14-17H2,1-3H3,(H2,24,25,26);1H. The molecule has 1 atom stereocenters. The molecule has 30 heavy (non-hydrogen) atoms. The number of guanidine groups is 1. The Labute approximate surface area is 197 Å². The molecule has 0 spiro atoms. The first kappa shape index (κ1) is 24.4. The molecule has 1 fully saturated rings. The molecule has 2 aromatic carbocycles. The normalized spacial score (nSPS) is 17.2. The van der Waals surface area contributed by atoms with Gasteiger partial charge in [0, 0.05) is 45.3 Å².